The van der Waals surface area contributed by atoms with Crippen molar-refractivity contribution in [1.82, 2.24) is 0 Å². The first-order valence-electron chi connectivity index (χ1n) is 2.45. The number of aliphatic hydroxyl groups is 1. The smallest absolute Gasteiger partial charge is 0.225 e. The van der Waals surface area contributed by atoms with Crippen LogP contribution in [0.1, 0.15) is 0 Å². The van der Waals surface area contributed by atoms with E-state index in [1.54, 1.807) is 0 Å². The van der Waals surface area contributed by atoms with Crippen LogP contribution in [0.2, 0.25) is 0 Å². The standard InChI is InChI=1S/C5H14O3S/c1-9(2,3,4)5(6)8-7/h6-7H,1-4H3. The van der Waals surface area contributed by atoms with Gasteiger partial charge in [-0.25, -0.2) is 14.0 Å². The topological polar surface area (TPSA) is 49.7 Å². The predicted octanol–water partition coefficient (Wildman–Crippen LogP) is 0.981. The van der Waals surface area contributed by atoms with Crippen molar-refractivity contribution < 1.29 is 15.3 Å². The van der Waals surface area contributed by atoms with Gasteiger partial charge in [-0.1, -0.05) is 0 Å². The molecule has 0 atom stereocenters. The van der Waals surface area contributed by atoms with E-state index < -0.39 is 8.75 Å². The molecule has 0 saturated carbocycles. The van der Waals surface area contributed by atoms with E-state index in [1.807, 2.05) is 25.0 Å². The highest BCUT2D eigenvalue weighted by Gasteiger charge is 2.14. The van der Waals surface area contributed by atoms with Crippen molar-refractivity contribution >= 4 is 14.0 Å². The van der Waals surface area contributed by atoms with Crippen LogP contribution < -0.4 is 0 Å². The van der Waals surface area contributed by atoms with Gasteiger partial charge in [0.05, 0.1) is 0 Å². The van der Waals surface area contributed by atoms with Crippen molar-refractivity contribution in [2.45, 2.75) is 0 Å². The summed E-state index contributed by atoms with van der Waals surface area (Å²) in [4.78, 5) is 3.74. The maximum absolute atomic E-state index is 8.95. The first-order valence-corrected chi connectivity index (χ1v) is 6.12. The molecule has 3 nitrogen and oxygen atoms in total. The van der Waals surface area contributed by atoms with E-state index in [4.69, 9.17) is 10.4 Å². The molecule has 0 aromatic carbocycles. The van der Waals surface area contributed by atoms with E-state index in [0.29, 0.717) is 0 Å². The third-order valence-corrected chi connectivity index (χ3v) is 2.25. The molecule has 0 aromatic heterocycles. The van der Waals surface area contributed by atoms with Gasteiger partial charge in [-0.2, -0.15) is 4.89 Å². The molecule has 0 bridgehead atoms. The average Bonchev–Trinajstić information content (AvgIpc) is 1.60. The summed E-state index contributed by atoms with van der Waals surface area (Å²) in [6, 6.07) is 0. The minimum Gasteiger partial charge on any atom is -0.336 e. The summed E-state index contributed by atoms with van der Waals surface area (Å²) in [7, 11) is -1.99. The Morgan fingerprint density at radius 1 is 1.22 bits per heavy atom. The van der Waals surface area contributed by atoms with Crippen molar-refractivity contribution in [3.8, 4) is 0 Å². The van der Waals surface area contributed by atoms with Gasteiger partial charge in [0, 0.05) is 0 Å². The van der Waals surface area contributed by atoms with E-state index in [1.165, 1.54) is 0 Å². The summed E-state index contributed by atoms with van der Waals surface area (Å²) >= 11 is 0. The van der Waals surface area contributed by atoms with Gasteiger partial charge in [0.2, 0.25) is 5.24 Å². The fraction of sp³-hybridized carbons (Fsp3) is 0.800. The van der Waals surface area contributed by atoms with Crippen LogP contribution in [-0.2, 0) is 4.89 Å². The minimum atomic E-state index is -1.99. The molecule has 0 spiro atoms. The molecule has 0 aliphatic rings. The molecule has 0 heterocycles. The predicted molar refractivity (Wildman–Crippen MR) is 42.6 cm³/mol. The second-order valence-electron chi connectivity index (χ2n) is 3.62. The highest BCUT2D eigenvalue weighted by Crippen LogP contribution is 2.44. The van der Waals surface area contributed by atoms with Crippen LogP contribution in [-0.4, -0.2) is 40.6 Å². The van der Waals surface area contributed by atoms with Crippen molar-refractivity contribution in [2.75, 3.05) is 25.0 Å². The highest BCUT2D eigenvalue weighted by atomic mass is 32.3. The van der Waals surface area contributed by atoms with Gasteiger partial charge >= 0.3 is 0 Å². The monoisotopic (exact) mass is 154 g/mol. The van der Waals surface area contributed by atoms with Crippen LogP contribution in [0.4, 0.5) is 0 Å². The van der Waals surface area contributed by atoms with E-state index in [9.17, 15) is 0 Å². The van der Waals surface area contributed by atoms with Gasteiger partial charge in [-0.05, 0) is 25.0 Å². The van der Waals surface area contributed by atoms with Gasteiger partial charge in [0.25, 0.3) is 0 Å². The lowest BCUT2D eigenvalue weighted by atomic mass is 11.5. The molecule has 0 amide bonds. The van der Waals surface area contributed by atoms with Gasteiger partial charge in [0.1, 0.15) is 0 Å². The molecule has 0 fully saturated rings. The summed E-state index contributed by atoms with van der Waals surface area (Å²) in [6.45, 7) is 0. The Labute approximate surface area is 55.1 Å². The Bertz CT molecular complexity index is 153. The van der Waals surface area contributed by atoms with Crippen molar-refractivity contribution in [3.63, 3.8) is 0 Å². The number of hydrogen-bond donors (Lipinski definition) is 2. The number of aliphatic hydroxyl groups excluding tert-OH is 1. The normalized spacial score (nSPS) is 16.4. The average molecular weight is 154 g/mol. The van der Waals surface area contributed by atoms with Gasteiger partial charge in [0.15, 0.2) is 0 Å². The quantitative estimate of drug-likeness (QED) is 0.310. The summed E-state index contributed by atoms with van der Waals surface area (Å²) in [5.74, 6) is 0. The minimum absolute atomic E-state index is 0.271. The second kappa shape index (κ2) is 2.05. The zero-order valence-electron chi connectivity index (χ0n) is 6.21. The molecular formula is C5H14O3S. The molecule has 2 N–H and O–H groups in total. The van der Waals surface area contributed by atoms with Crippen LogP contribution in [0.15, 0.2) is 0 Å². The first kappa shape index (κ1) is 9.10. The SMILES string of the molecule is CS(C)(C)(C)=C(O)OO. The van der Waals surface area contributed by atoms with E-state index in [-0.39, 0.29) is 5.24 Å². The Morgan fingerprint density at radius 2 is 1.56 bits per heavy atom. The molecule has 58 valence electrons. The zero-order valence-corrected chi connectivity index (χ0v) is 7.03. The molecule has 0 aliphatic heterocycles. The summed E-state index contributed by atoms with van der Waals surface area (Å²) in [5, 5.41) is 16.8. The lowest BCUT2D eigenvalue weighted by Crippen LogP contribution is -2.14. The lowest BCUT2D eigenvalue weighted by Gasteiger charge is -2.31. The van der Waals surface area contributed by atoms with Crippen LogP contribution in [0.25, 0.3) is 0 Å². The molecule has 0 saturated heterocycles. The molecule has 0 aromatic rings. The van der Waals surface area contributed by atoms with Crippen molar-refractivity contribution in [2.24, 2.45) is 0 Å². The van der Waals surface area contributed by atoms with Crippen LogP contribution >= 0.6 is 8.75 Å². The third kappa shape index (κ3) is 2.95. The molecule has 0 unspecified atom stereocenters. The van der Waals surface area contributed by atoms with E-state index in [0.717, 1.165) is 0 Å². The summed E-state index contributed by atoms with van der Waals surface area (Å²) in [6.07, 6.45) is 7.40. The van der Waals surface area contributed by atoms with Crippen molar-refractivity contribution in [1.29, 1.82) is 0 Å². The van der Waals surface area contributed by atoms with E-state index >= 15 is 0 Å². The molecular weight excluding hydrogens is 140 g/mol. The number of hydrogen-bond acceptors (Lipinski definition) is 2. The van der Waals surface area contributed by atoms with Crippen LogP contribution in [0.5, 0.6) is 0 Å². The van der Waals surface area contributed by atoms with Crippen LogP contribution in [0, 0.1) is 0 Å². The van der Waals surface area contributed by atoms with E-state index in [2.05, 4.69) is 4.89 Å². The fourth-order valence-corrected chi connectivity index (χ4v) is 0.447. The molecule has 9 heavy (non-hydrogen) atoms. The van der Waals surface area contributed by atoms with Gasteiger partial charge in [-0.3, -0.25) is 0 Å². The Morgan fingerprint density at radius 3 is 1.56 bits per heavy atom. The maximum atomic E-state index is 8.95. The Kier molecular flexibility index (Phi) is 2.08. The van der Waals surface area contributed by atoms with Gasteiger partial charge < -0.3 is 5.11 Å². The first-order chi connectivity index (χ1) is 3.74. The Hall–Kier alpha value is 0.1000. The Balaban J connectivity index is 4.88. The van der Waals surface area contributed by atoms with Crippen molar-refractivity contribution in [3.05, 3.63) is 0 Å². The second-order valence-corrected chi connectivity index (χ2v) is 10.5. The molecule has 0 aliphatic carbocycles. The fourth-order valence-electron chi connectivity index (χ4n) is 0.149. The maximum Gasteiger partial charge on any atom is 0.225 e. The molecule has 4 heteroatoms. The highest BCUT2D eigenvalue weighted by molar-refractivity contribution is 8.45. The van der Waals surface area contributed by atoms with Gasteiger partial charge in [-0.15, -0.1) is 0 Å². The lowest BCUT2D eigenvalue weighted by molar-refractivity contribution is -0.168. The summed E-state index contributed by atoms with van der Waals surface area (Å²) < 4.78 is 0. The molecule has 0 radical (unpaired) electrons. The molecule has 0 rings (SSSR count). The summed E-state index contributed by atoms with van der Waals surface area (Å²) in [5.41, 5.74) is 0. The third-order valence-electron chi connectivity index (χ3n) is 0.777. The largest absolute Gasteiger partial charge is 0.336 e. The van der Waals surface area contributed by atoms with Crippen LogP contribution in [0.3, 0.4) is 0 Å². The number of rotatable bonds is 0. The zero-order chi connectivity index (χ0) is 7.73.